The van der Waals surface area contributed by atoms with Crippen LogP contribution in [0.3, 0.4) is 0 Å². The normalized spacial score (nSPS) is 11.0. The van der Waals surface area contributed by atoms with Crippen LogP contribution in [0.4, 0.5) is 0 Å². The van der Waals surface area contributed by atoms with E-state index in [2.05, 4.69) is 15.2 Å². The predicted octanol–water partition coefficient (Wildman–Crippen LogP) is 2.40. The second-order valence-corrected chi connectivity index (χ2v) is 7.54. The third kappa shape index (κ3) is 3.55. The number of nitrogens with zero attached hydrogens (tertiary/aromatic N) is 5. The third-order valence-corrected chi connectivity index (χ3v) is 5.52. The maximum absolute atomic E-state index is 12.9. The summed E-state index contributed by atoms with van der Waals surface area (Å²) in [5.41, 5.74) is 3.08. The first-order chi connectivity index (χ1) is 12.7. The molecule has 0 fully saturated rings. The van der Waals surface area contributed by atoms with Crippen molar-refractivity contribution in [1.82, 2.24) is 24.8 Å². The fraction of sp³-hybridized carbons (Fsp3) is 0.389. The molecule has 0 atom stereocenters. The van der Waals surface area contributed by atoms with Crippen LogP contribution >= 0.6 is 11.3 Å². The molecule has 0 aliphatic carbocycles. The van der Waals surface area contributed by atoms with Crippen LogP contribution in [0, 0.1) is 27.7 Å². The second-order valence-electron chi connectivity index (χ2n) is 6.54. The van der Waals surface area contributed by atoms with Crippen molar-refractivity contribution >= 4 is 17.2 Å². The van der Waals surface area contributed by atoms with Gasteiger partial charge >= 0.3 is 0 Å². The van der Waals surface area contributed by atoms with Crippen molar-refractivity contribution in [1.29, 1.82) is 0 Å². The Bertz CT molecular complexity index is 1080. The molecule has 0 aliphatic heterocycles. The van der Waals surface area contributed by atoms with Crippen molar-refractivity contribution in [3.05, 3.63) is 49.7 Å². The number of amides is 1. The summed E-state index contributed by atoms with van der Waals surface area (Å²) in [4.78, 5) is 32.0. The summed E-state index contributed by atoms with van der Waals surface area (Å²) in [6, 6.07) is 1.79. The van der Waals surface area contributed by atoms with E-state index in [1.54, 1.807) is 38.9 Å². The molecule has 3 heterocycles. The van der Waals surface area contributed by atoms with Gasteiger partial charge in [-0.3, -0.25) is 9.59 Å². The second kappa shape index (κ2) is 7.07. The molecule has 0 N–H and O–H groups in total. The van der Waals surface area contributed by atoms with Crippen molar-refractivity contribution in [2.75, 3.05) is 7.05 Å². The van der Waals surface area contributed by atoms with E-state index < -0.39 is 0 Å². The molecule has 0 radical (unpaired) electrons. The molecule has 0 bridgehead atoms. The van der Waals surface area contributed by atoms with Gasteiger partial charge in [0, 0.05) is 20.2 Å². The fourth-order valence-corrected chi connectivity index (χ4v) is 3.94. The van der Waals surface area contributed by atoms with Gasteiger partial charge in [-0.15, -0.1) is 11.3 Å². The van der Waals surface area contributed by atoms with Crippen LogP contribution in [0.2, 0.25) is 0 Å². The number of hydrogen-bond acceptors (Lipinski definition) is 7. The summed E-state index contributed by atoms with van der Waals surface area (Å²) in [6.45, 7) is 7.60. The van der Waals surface area contributed by atoms with Crippen molar-refractivity contribution in [3.63, 3.8) is 0 Å². The minimum atomic E-state index is -0.225. The maximum Gasteiger partial charge on any atom is 0.277 e. The maximum atomic E-state index is 12.9. The van der Waals surface area contributed by atoms with E-state index in [0.29, 0.717) is 39.1 Å². The zero-order valence-corrected chi connectivity index (χ0v) is 17.0. The van der Waals surface area contributed by atoms with E-state index in [0.717, 1.165) is 11.3 Å². The SMILES string of the molecule is Cc1cc(CN(C)C(=O)c2sc(-c3c(C)c(C)nn(C)c3=O)nc2C)no1. The molecule has 0 saturated carbocycles. The summed E-state index contributed by atoms with van der Waals surface area (Å²) >= 11 is 1.22. The highest BCUT2D eigenvalue weighted by atomic mass is 32.1. The smallest absolute Gasteiger partial charge is 0.277 e. The van der Waals surface area contributed by atoms with Crippen molar-refractivity contribution in [2.24, 2.45) is 7.05 Å². The number of aryl methyl sites for hydroxylation is 4. The highest BCUT2D eigenvalue weighted by Gasteiger charge is 2.23. The summed E-state index contributed by atoms with van der Waals surface area (Å²) in [5.74, 6) is 0.527. The van der Waals surface area contributed by atoms with Crippen molar-refractivity contribution in [3.8, 4) is 10.6 Å². The first-order valence-corrected chi connectivity index (χ1v) is 9.20. The Morgan fingerprint density at radius 1 is 1.26 bits per heavy atom. The van der Waals surface area contributed by atoms with Crippen molar-refractivity contribution in [2.45, 2.75) is 34.2 Å². The average molecular weight is 387 g/mol. The van der Waals surface area contributed by atoms with Crippen LogP contribution in [0.15, 0.2) is 15.4 Å². The van der Waals surface area contributed by atoms with Crippen LogP contribution in [0.5, 0.6) is 0 Å². The van der Waals surface area contributed by atoms with Gasteiger partial charge in [-0.05, 0) is 33.3 Å². The molecule has 3 rings (SSSR count). The Morgan fingerprint density at radius 2 is 1.96 bits per heavy atom. The fourth-order valence-electron chi connectivity index (χ4n) is 2.78. The molecule has 3 aromatic heterocycles. The van der Waals surface area contributed by atoms with Gasteiger partial charge in [0.1, 0.15) is 21.3 Å². The number of hydrogen-bond donors (Lipinski definition) is 0. The van der Waals surface area contributed by atoms with E-state index in [1.807, 2.05) is 13.8 Å². The summed E-state index contributed by atoms with van der Waals surface area (Å²) in [5, 5.41) is 8.64. The monoisotopic (exact) mass is 387 g/mol. The predicted molar refractivity (Wildman–Crippen MR) is 102 cm³/mol. The largest absolute Gasteiger partial charge is 0.361 e. The Hall–Kier alpha value is -2.81. The Labute approximate surface area is 160 Å². The van der Waals surface area contributed by atoms with E-state index in [-0.39, 0.29) is 11.5 Å². The molecule has 0 unspecified atom stereocenters. The Kier molecular flexibility index (Phi) is 4.97. The molecule has 1 amide bonds. The summed E-state index contributed by atoms with van der Waals surface area (Å²) < 4.78 is 6.35. The lowest BCUT2D eigenvalue weighted by Gasteiger charge is -2.14. The zero-order chi connectivity index (χ0) is 19.9. The molecular formula is C18H21N5O3S. The van der Waals surface area contributed by atoms with Crippen LogP contribution in [-0.2, 0) is 13.6 Å². The summed E-state index contributed by atoms with van der Waals surface area (Å²) in [7, 11) is 3.31. The van der Waals surface area contributed by atoms with E-state index in [1.165, 1.54) is 16.0 Å². The highest BCUT2D eigenvalue weighted by molar-refractivity contribution is 7.17. The van der Waals surface area contributed by atoms with Crippen LogP contribution in [-0.4, -0.2) is 37.8 Å². The molecule has 0 aromatic carbocycles. The molecule has 27 heavy (non-hydrogen) atoms. The number of rotatable bonds is 4. The minimum absolute atomic E-state index is 0.169. The minimum Gasteiger partial charge on any atom is -0.361 e. The molecule has 0 spiro atoms. The van der Waals surface area contributed by atoms with Gasteiger partial charge in [0.25, 0.3) is 11.5 Å². The lowest BCUT2D eigenvalue weighted by atomic mass is 10.1. The van der Waals surface area contributed by atoms with Gasteiger partial charge in [0.05, 0.1) is 23.5 Å². The number of carbonyl (C=O) groups is 1. The summed E-state index contributed by atoms with van der Waals surface area (Å²) in [6.07, 6.45) is 0. The molecule has 8 nitrogen and oxygen atoms in total. The first kappa shape index (κ1) is 19.0. The molecule has 3 aromatic rings. The van der Waals surface area contributed by atoms with Gasteiger partial charge < -0.3 is 9.42 Å². The lowest BCUT2D eigenvalue weighted by Crippen LogP contribution is -2.26. The Morgan fingerprint density at radius 3 is 2.59 bits per heavy atom. The van der Waals surface area contributed by atoms with Gasteiger partial charge in [-0.2, -0.15) is 5.10 Å². The molecule has 0 saturated heterocycles. The molecule has 0 aliphatic rings. The number of aromatic nitrogens is 4. The van der Waals surface area contributed by atoms with Gasteiger partial charge in [-0.1, -0.05) is 5.16 Å². The van der Waals surface area contributed by atoms with E-state index in [9.17, 15) is 9.59 Å². The van der Waals surface area contributed by atoms with Crippen LogP contribution in [0.1, 0.15) is 38.1 Å². The first-order valence-electron chi connectivity index (χ1n) is 8.39. The molecule has 142 valence electrons. The standard InChI is InChI=1S/C18H21N5O3S/c1-9-7-13(21-26-9)8-22(5)18(25)15-12(4)19-16(27-15)14-10(2)11(3)20-23(6)17(14)24/h7H,8H2,1-6H3. The topological polar surface area (TPSA) is 94.1 Å². The van der Waals surface area contributed by atoms with Gasteiger partial charge in [0.2, 0.25) is 0 Å². The van der Waals surface area contributed by atoms with Gasteiger partial charge in [-0.25, -0.2) is 9.67 Å². The number of carbonyl (C=O) groups excluding carboxylic acids is 1. The molecular weight excluding hydrogens is 366 g/mol. The van der Waals surface area contributed by atoms with Crippen LogP contribution < -0.4 is 5.56 Å². The highest BCUT2D eigenvalue weighted by Crippen LogP contribution is 2.29. The quantitative estimate of drug-likeness (QED) is 0.682. The van der Waals surface area contributed by atoms with E-state index in [4.69, 9.17) is 4.52 Å². The Balaban J connectivity index is 1.95. The average Bonchev–Trinajstić information content (AvgIpc) is 3.18. The molecule has 9 heteroatoms. The zero-order valence-electron chi connectivity index (χ0n) is 16.2. The van der Waals surface area contributed by atoms with E-state index >= 15 is 0 Å². The third-order valence-electron chi connectivity index (χ3n) is 4.35. The van der Waals surface area contributed by atoms with Crippen molar-refractivity contribution < 1.29 is 9.32 Å². The lowest BCUT2D eigenvalue weighted by molar-refractivity contribution is 0.0786. The number of thiazole rings is 1. The van der Waals surface area contributed by atoms with Crippen LogP contribution in [0.25, 0.3) is 10.6 Å². The van der Waals surface area contributed by atoms with Gasteiger partial charge in [0.15, 0.2) is 0 Å².